The average Bonchev–Trinajstić information content (AvgIpc) is 2.64. The van der Waals surface area contributed by atoms with E-state index < -0.39 is 0 Å². The summed E-state index contributed by atoms with van der Waals surface area (Å²) < 4.78 is 0. The van der Waals surface area contributed by atoms with Crippen LogP contribution in [0.15, 0.2) is 58.8 Å². The van der Waals surface area contributed by atoms with Gasteiger partial charge in [0.15, 0.2) is 11.5 Å². The lowest BCUT2D eigenvalue weighted by atomic mass is 10.1. The molecule has 0 saturated heterocycles. The number of nitrogens with zero attached hydrogens (tertiary/aromatic N) is 2. The van der Waals surface area contributed by atoms with Gasteiger partial charge in [0.2, 0.25) is 0 Å². The van der Waals surface area contributed by atoms with Crippen LogP contribution in [0.2, 0.25) is 0 Å². The van der Waals surface area contributed by atoms with Gasteiger partial charge in [-0.05, 0) is 31.5 Å². The molecule has 0 aliphatic carbocycles. The molecule has 0 heterocycles. The molecule has 0 atom stereocenters. The van der Waals surface area contributed by atoms with Crippen molar-refractivity contribution >= 4 is 17.3 Å². The molecule has 1 N–H and O–H groups in total. The maximum absolute atomic E-state index is 12.0. The zero-order valence-electron chi connectivity index (χ0n) is 14.7. The Hall–Kier alpha value is -3.15. The zero-order chi connectivity index (χ0) is 18.2. The van der Waals surface area contributed by atoms with Crippen LogP contribution in [0.3, 0.4) is 0 Å². The Morgan fingerprint density at radius 2 is 1.84 bits per heavy atom. The summed E-state index contributed by atoms with van der Waals surface area (Å²) in [5.41, 5.74) is 3.44. The Bertz CT molecular complexity index is 813. The van der Waals surface area contributed by atoms with Crippen LogP contribution in [0.4, 0.5) is 0 Å². The van der Waals surface area contributed by atoms with E-state index in [1.165, 1.54) is 14.2 Å². The first-order chi connectivity index (χ1) is 12.1. The number of aryl methyl sites for hydroxylation is 1. The second kappa shape index (κ2) is 8.63. The fourth-order valence-corrected chi connectivity index (χ4v) is 2.20. The first-order valence-electron chi connectivity index (χ1n) is 7.78. The number of amides is 1. The summed E-state index contributed by atoms with van der Waals surface area (Å²) in [4.78, 5) is 22.4. The van der Waals surface area contributed by atoms with E-state index in [0.29, 0.717) is 11.3 Å². The van der Waals surface area contributed by atoms with E-state index in [1.54, 1.807) is 24.3 Å². The summed E-state index contributed by atoms with van der Waals surface area (Å²) in [5, 5.41) is 10.5. The Labute approximate surface area is 147 Å². The number of likely N-dealkylation sites (N-methyl/N-ethyl adjacent to an activating group) is 1. The normalized spacial score (nSPS) is 11.8. The predicted octanol–water partition coefficient (Wildman–Crippen LogP) is 2.89. The standard InChI is InChI=1S/C19H21N3O3/c1-13-8-7-9-15(12-13)14(2)21-25-17-11-6-5-10-16(17)18(22-24-4)19(23)20-3/h5-12H,1-4H3,(H,20,23). The van der Waals surface area contributed by atoms with Crippen molar-refractivity contribution in [2.75, 3.05) is 14.2 Å². The minimum Gasteiger partial charge on any atom is -0.398 e. The van der Waals surface area contributed by atoms with Crippen molar-refractivity contribution in [2.24, 2.45) is 10.3 Å². The highest BCUT2D eigenvalue weighted by atomic mass is 16.6. The summed E-state index contributed by atoms with van der Waals surface area (Å²) in [5.74, 6) is 0.0335. The van der Waals surface area contributed by atoms with Crippen molar-refractivity contribution in [3.63, 3.8) is 0 Å². The van der Waals surface area contributed by atoms with Gasteiger partial charge >= 0.3 is 0 Å². The molecule has 0 aromatic heterocycles. The van der Waals surface area contributed by atoms with Crippen LogP contribution < -0.4 is 10.2 Å². The van der Waals surface area contributed by atoms with Crippen LogP contribution in [0.25, 0.3) is 0 Å². The maximum atomic E-state index is 12.0. The Morgan fingerprint density at radius 1 is 1.08 bits per heavy atom. The number of para-hydroxylation sites is 1. The molecule has 0 fully saturated rings. The van der Waals surface area contributed by atoms with Gasteiger partial charge in [-0.1, -0.05) is 52.3 Å². The second-order valence-corrected chi connectivity index (χ2v) is 5.34. The third-order valence-electron chi connectivity index (χ3n) is 3.48. The maximum Gasteiger partial charge on any atom is 0.273 e. The first kappa shape index (κ1) is 18.2. The first-order valence-corrected chi connectivity index (χ1v) is 7.78. The third-order valence-corrected chi connectivity index (χ3v) is 3.48. The van der Waals surface area contributed by atoms with Crippen molar-refractivity contribution < 1.29 is 14.5 Å². The summed E-state index contributed by atoms with van der Waals surface area (Å²) in [7, 11) is 2.91. The molecule has 0 radical (unpaired) electrons. The number of rotatable bonds is 6. The summed E-state index contributed by atoms with van der Waals surface area (Å²) >= 11 is 0. The smallest absolute Gasteiger partial charge is 0.273 e. The van der Waals surface area contributed by atoms with Gasteiger partial charge in [-0.3, -0.25) is 4.79 Å². The SMILES string of the molecule is CNC(=O)C(=NOC)c1ccccc1ON=C(C)c1cccc(C)c1. The minimum atomic E-state index is -0.378. The largest absolute Gasteiger partial charge is 0.398 e. The predicted molar refractivity (Wildman–Crippen MR) is 98.1 cm³/mol. The number of nitrogens with one attached hydrogen (secondary N) is 1. The number of carbonyl (C=O) groups is 1. The molecule has 1 amide bonds. The molecule has 0 aliphatic heterocycles. The molecule has 0 spiro atoms. The summed E-state index contributed by atoms with van der Waals surface area (Å²) in [6.45, 7) is 3.88. The van der Waals surface area contributed by atoms with E-state index in [-0.39, 0.29) is 11.6 Å². The molecule has 0 saturated carbocycles. The summed E-state index contributed by atoms with van der Waals surface area (Å²) in [6.07, 6.45) is 0. The molecule has 25 heavy (non-hydrogen) atoms. The molecule has 0 unspecified atom stereocenters. The number of benzene rings is 2. The van der Waals surface area contributed by atoms with Gasteiger partial charge in [0.05, 0.1) is 11.3 Å². The van der Waals surface area contributed by atoms with Crippen molar-refractivity contribution in [1.29, 1.82) is 0 Å². The van der Waals surface area contributed by atoms with Crippen molar-refractivity contribution in [1.82, 2.24) is 5.32 Å². The fraction of sp³-hybridized carbons (Fsp3) is 0.211. The highest BCUT2D eigenvalue weighted by Gasteiger charge is 2.18. The lowest BCUT2D eigenvalue weighted by Crippen LogP contribution is -2.28. The average molecular weight is 339 g/mol. The van der Waals surface area contributed by atoms with Gasteiger partial charge in [0.1, 0.15) is 7.11 Å². The van der Waals surface area contributed by atoms with E-state index in [1.807, 2.05) is 38.1 Å². The third kappa shape index (κ3) is 4.67. The number of hydrogen-bond donors (Lipinski definition) is 1. The summed E-state index contributed by atoms with van der Waals surface area (Å²) in [6, 6.07) is 15.0. The van der Waals surface area contributed by atoms with Crippen LogP contribution in [0, 0.1) is 6.92 Å². The van der Waals surface area contributed by atoms with Gasteiger partial charge < -0.3 is 15.0 Å². The fourth-order valence-electron chi connectivity index (χ4n) is 2.20. The molecule has 6 nitrogen and oxygen atoms in total. The molecule has 2 rings (SSSR count). The number of carbonyl (C=O) groups excluding carboxylic acids is 1. The van der Waals surface area contributed by atoms with E-state index in [4.69, 9.17) is 9.68 Å². The molecule has 0 bridgehead atoms. The molecule has 2 aromatic carbocycles. The van der Waals surface area contributed by atoms with Gasteiger partial charge in [-0.2, -0.15) is 0 Å². The van der Waals surface area contributed by atoms with Gasteiger partial charge in [0.25, 0.3) is 5.91 Å². The van der Waals surface area contributed by atoms with Crippen molar-refractivity contribution in [3.8, 4) is 5.75 Å². The van der Waals surface area contributed by atoms with E-state index in [2.05, 4.69) is 15.6 Å². The molecule has 6 heteroatoms. The molecular formula is C19H21N3O3. The lowest BCUT2D eigenvalue weighted by molar-refractivity contribution is -0.114. The number of oxime groups is 2. The van der Waals surface area contributed by atoms with Crippen molar-refractivity contribution in [2.45, 2.75) is 13.8 Å². The van der Waals surface area contributed by atoms with Crippen LogP contribution in [-0.2, 0) is 9.63 Å². The van der Waals surface area contributed by atoms with Gasteiger partial charge in [-0.15, -0.1) is 0 Å². The van der Waals surface area contributed by atoms with Gasteiger partial charge in [0, 0.05) is 7.05 Å². The molecule has 130 valence electrons. The Kier molecular flexibility index (Phi) is 6.28. The highest BCUT2D eigenvalue weighted by Crippen LogP contribution is 2.20. The van der Waals surface area contributed by atoms with E-state index in [0.717, 1.165) is 16.8 Å². The zero-order valence-corrected chi connectivity index (χ0v) is 14.7. The van der Waals surface area contributed by atoms with Gasteiger partial charge in [-0.25, -0.2) is 0 Å². The van der Waals surface area contributed by atoms with Crippen LogP contribution >= 0.6 is 0 Å². The second-order valence-electron chi connectivity index (χ2n) is 5.34. The Balaban J connectivity index is 2.33. The number of hydrogen-bond acceptors (Lipinski definition) is 5. The van der Waals surface area contributed by atoms with Crippen LogP contribution in [-0.4, -0.2) is 31.5 Å². The quantitative estimate of drug-likeness (QED) is 0.650. The minimum absolute atomic E-state index is 0.115. The van der Waals surface area contributed by atoms with Crippen molar-refractivity contribution in [3.05, 3.63) is 65.2 Å². The topological polar surface area (TPSA) is 72.3 Å². The van der Waals surface area contributed by atoms with E-state index in [9.17, 15) is 4.79 Å². The van der Waals surface area contributed by atoms with E-state index >= 15 is 0 Å². The van der Waals surface area contributed by atoms with Crippen LogP contribution in [0.1, 0.15) is 23.6 Å². The Morgan fingerprint density at radius 3 is 2.52 bits per heavy atom. The molecular weight excluding hydrogens is 318 g/mol. The van der Waals surface area contributed by atoms with Crippen LogP contribution in [0.5, 0.6) is 5.75 Å². The molecule has 0 aliphatic rings. The molecule has 2 aromatic rings. The highest BCUT2D eigenvalue weighted by molar-refractivity contribution is 6.45. The lowest BCUT2D eigenvalue weighted by Gasteiger charge is -2.09. The monoisotopic (exact) mass is 339 g/mol.